The van der Waals surface area contributed by atoms with Gasteiger partial charge in [-0.05, 0) is 47.7 Å². The predicted molar refractivity (Wildman–Crippen MR) is 129 cm³/mol. The number of thioether (sulfide) groups is 1. The summed E-state index contributed by atoms with van der Waals surface area (Å²) in [5.74, 6) is -1.05. The summed E-state index contributed by atoms with van der Waals surface area (Å²) in [6, 6.07) is 20.1. The van der Waals surface area contributed by atoms with E-state index in [1.807, 2.05) is 48.5 Å². The highest BCUT2D eigenvalue weighted by Gasteiger charge is 2.36. The fourth-order valence-corrected chi connectivity index (χ4v) is 4.62. The summed E-state index contributed by atoms with van der Waals surface area (Å²) in [7, 11) is 0. The molecule has 166 valence electrons. The van der Waals surface area contributed by atoms with E-state index < -0.39 is 28.4 Å². The number of pyridine rings is 1. The highest BCUT2D eigenvalue weighted by atomic mass is 32.2. The van der Waals surface area contributed by atoms with Crippen LogP contribution in [0.5, 0.6) is 0 Å². The second-order valence-electron chi connectivity index (χ2n) is 7.55. The van der Waals surface area contributed by atoms with Gasteiger partial charge in [0.1, 0.15) is 0 Å². The van der Waals surface area contributed by atoms with Gasteiger partial charge in [-0.15, -0.1) is 0 Å². The summed E-state index contributed by atoms with van der Waals surface area (Å²) in [6.45, 7) is -0.447. The topological polar surface area (TPSA) is 110 Å². The van der Waals surface area contributed by atoms with Crippen molar-refractivity contribution in [3.8, 4) is 0 Å². The average Bonchev–Trinajstić information content (AvgIpc) is 3.11. The fourth-order valence-electron chi connectivity index (χ4n) is 3.80. The van der Waals surface area contributed by atoms with Gasteiger partial charge < -0.3 is 0 Å². The lowest BCUT2D eigenvalue weighted by molar-refractivity contribution is -0.384. The number of carbonyl (C=O) groups excluding carboxylic acids is 3. The highest BCUT2D eigenvalue weighted by Crippen LogP contribution is 2.35. The maximum Gasteiger partial charge on any atom is 0.293 e. The molecule has 1 fully saturated rings. The molecule has 0 bridgehead atoms. The zero-order chi connectivity index (χ0) is 23.8. The molecule has 2 amide bonds. The van der Waals surface area contributed by atoms with E-state index in [1.165, 1.54) is 24.3 Å². The minimum Gasteiger partial charge on any atom is -0.292 e. The van der Waals surface area contributed by atoms with Gasteiger partial charge in [-0.25, -0.2) is 4.98 Å². The lowest BCUT2D eigenvalue weighted by atomic mass is 10.0. The van der Waals surface area contributed by atoms with Gasteiger partial charge in [-0.2, -0.15) is 0 Å². The van der Waals surface area contributed by atoms with E-state index in [2.05, 4.69) is 4.98 Å². The average molecular weight is 469 g/mol. The number of ketones is 1. The third-order valence-corrected chi connectivity index (χ3v) is 6.39. The van der Waals surface area contributed by atoms with Gasteiger partial charge in [0.15, 0.2) is 5.78 Å². The van der Waals surface area contributed by atoms with E-state index in [1.54, 1.807) is 6.08 Å². The molecule has 0 spiro atoms. The van der Waals surface area contributed by atoms with Gasteiger partial charge in [0.05, 0.1) is 27.4 Å². The maximum absolute atomic E-state index is 13.1. The largest absolute Gasteiger partial charge is 0.293 e. The molecule has 0 atom stereocenters. The molecule has 3 aromatic carbocycles. The van der Waals surface area contributed by atoms with Gasteiger partial charge in [0, 0.05) is 28.5 Å². The number of imide groups is 1. The Labute approximate surface area is 197 Å². The van der Waals surface area contributed by atoms with Crippen LogP contribution in [0.25, 0.3) is 27.9 Å². The van der Waals surface area contributed by atoms with Crippen molar-refractivity contribution in [3.05, 3.63) is 98.9 Å². The second kappa shape index (κ2) is 8.53. The van der Waals surface area contributed by atoms with Crippen molar-refractivity contribution in [1.82, 2.24) is 9.88 Å². The summed E-state index contributed by atoms with van der Waals surface area (Å²) in [5.41, 5.74) is 2.33. The van der Waals surface area contributed by atoms with Crippen LogP contribution < -0.4 is 0 Å². The van der Waals surface area contributed by atoms with Gasteiger partial charge in [0.2, 0.25) is 0 Å². The number of non-ortho nitro benzene ring substituents is 1. The molecule has 1 aliphatic rings. The molecule has 34 heavy (non-hydrogen) atoms. The minimum absolute atomic E-state index is 0.151. The number of rotatable bonds is 5. The van der Waals surface area contributed by atoms with Crippen LogP contribution in [0, 0.1) is 10.1 Å². The Morgan fingerprint density at radius 2 is 1.53 bits per heavy atom. The van der Waals surface area contributed by atoms with Crippen LogP contribution in [0.4, 0.5) is 10.5 Å². The molecule has 9 heteroatoms. The molecular weight excluding hydrogens is 454 g/mol. The molecule has 8 nitrogen and oxygen atoms in total. The summed E-state index contributed by atoms with van der Waals surface area (Å²) in [4.78, 5) is 54.3. The molecule has 0 N–H and O–H groups in total. The SMILES string of the molecule is O=C(CN1C(=O)SC(=Cc2c3ccccc3nc3ccccc23)C1=O)c1ccc([N+](=O)[O-])cc1. The molecular formula is C25H15N3O5S. The third kappa shape index (κ3) is 3.82. The Bertz CT molecular complexity index is 1490. The first-order chi connectivity index (χ1) is 16.4. The monoisotopic (exact) mass is 469 g/mol. The number of nitrogens with zero attached hydrogens (tertiary/aromatic N) is 3. The number of hydrogen-bond acceptors (Lipinski definition) is 7. The first-order valence-electron chi connectivity index (χ1n) is 10.2. The van der Waals surface area contributed by atoms with Gasteiger partial charge in [-0.1, -0.05) is 36.4 Å². The molecule has 1 saturated heterocycles. The first kappa shape index (κ1) is 21.5. The number of amides is 2. The fraction of sp³-hybridized carbons (Fsp3) is 0.0400. The smallest absolute Gasteiger partial charge is 0.292 e. The molecule has 5 rings (SSSR count). The zero-order valence-electron chi connectivity index (χ0n) is 17.5. The summed E-state index contributed by atoms with van der Waals surface area (Å²) in [5, 5.41) is 11.9. The molecule has 0 saturated carbocycles. The Morgan fingerprint density at radius 1 is 0.941 bits per heavy atom. The van der Waals surface area contributed by atoms with Crippen LogP contribution in [-0.2, 0) is 4.79 Å². The Morgan fingerprint density at radius 3 is 2.12 bits per heavy atom. The van der Waals surface area contributed by atoms with E-state index in [0.29, 0.717) is 0 Å². The minimum atomic E-state index is -0.567. The van der Waals surface area contributed by atoms with Crippen molar-refractivity contribution in [1.29, 1.82) is 0 Å². The molecule has 1 aliphatic heterocycles. The van der Waals surface area contributed by atoms with Crippen LogP contribution >= 0.6 is 11.8 Å². The molecule has 0 unspecified atom stereocenters. The number of fused-ring (bicyclic) bond motifs is 2. The van der Waals surface area contributed by atoms with Crippen LogP contribution in [-0.4, -0.2) is 38.3 Å². The van der Waals surface area contributed by atoms with Gasteiger partial charge in [-0.3, -0.25) is 29.4 Å². The second-order valence-corrected chi connectivity index (χ2v) is 8.55. The Kier molecular flexibility index (Phi) is 5.39. The number of carbonyl (C=O) groups is 3. The Balaban J connectivity index is 1.48. The number of nitro benzene ring substituents is 1. The van der Waals surface area contributed by atoms with Crippen molar-refractivity contribution in [2.75, 3.05) is 6.54 Å². The normalized spacial score (nSPS) is 14.9. The number of Topliss-reactive ketones (excluding diaryl/α,β-unsaturated/α-hetero) is 1. The molecule has 1 aromatic heterocycles. The van der Waals surface area contributed by atoms with E-state index in [9.17, 15) is 24.5 Å². The number of hydrogen-bond donors (Lipinski definition) is 0. The van der Waals surface area contributed by atoms with E-state index in [4.69, 9.17) is 0 Å². The molecule has 0 radical (unpaired) electrons. The van der Waals surface area contributed by atoms with Crippen LogP contribution in [0.15, 0.2) is 77.7 Å². The van der Waals surface area contributed by atoms with Crippen LogP contribution in [0.3, 0.4) is 0 Å². The maximum atomic E-state index is 13.1. The summed E-state index contributed by atoms with van der Waals surface area (Å²) in [6.07, 6.45) is 1.67. The number of benzene rings is 3. The third-order valence-electron chi connectivity index (χ3n) is 5.48. The standard InChI is InChI=1S/C25H15N3O5S/c29-22(15-9-11-16(12-10-15)28(32)33)14-27-24(30)23(34-25(27)31)13-19-17-5-1-3-7-20(17)26-21-8-4-2-6-18(19)21/h1-13H,14H2. The van der Waals surface area contributed by atoms with Crippen molar-refractivity contribution < 1.29 is 19.3 Å². The van der Waals surface area contributed by atoms with Gasteiger partial charge >= 0.3 is 0 Å². The van der Waals surface area contributed by atoms with Crippen molar-refractivity contribution in [2.45, 2.75) is 0 Å². The summed E-state index contributed by atoms with van der Waals surface area (Å²) < 4.78 is 0. The van der Waals surface area contributed by atoms with Gasteiger partial charge in [0.25, 0.3) is 16.8 Å². The van der Waals surface area contributed by atoms with Crippen molar-refractivity contribution in [2.24, 2.45) is 0 Å². The molecule has 4 aromatic rings. The van der Waals surface area contributed by atoms with Crippen molar-refractivity contribution >= 4 is 62.3 Å². The number of aromatic nitrogens is 1. The first-order valence-corrected chi connectivity index (χ1v) is 11.0. The highest BCUT2D eigenvalue weighted by molar-refractivity contribution is 8.18. The Hall–Kier alpha value is -4.37. The molecule has 0 aliphatic carbocycles. The lowest BCUT2D eigenvalue weighted by Crippen LogP contribution is -2.33. The van der Waals surface area contributed by atoms with E-state index >= 15 is 0 Å². The van der Waals surface area contributed by atoms with E-state index in [-0.39, 0.29) is 16.2 Å². The van der Waals surface area contributed by atoms with E-state index in [0.717, 1.165) is 44.0 Å². The van der Waals surface area contributed by atoms with Crippen LogP contribution in [0.2, 0.25) is 0 Å². The lowest BCUT2D eigenvalue weighted by Gasteiger charge is -2.11. The predicted octanol–water partition coefficient (Wildman–Crippen LogP) is 5.22. The number of nitro groups is 1. The van der Waals surface area contributed by atoms with Crippen molar-refractivity contribution in [3.63, 3.8) is 0 Å². The summed E-state index contributed by atoms with van der Waals surface area (Å²) >= 11 is 0.774. The molecule has 2 heterocycles. The number of para-hydroxylation sites is 2. The zero-order valence-corrected chi connectivity index (χ0v) is 18.3. The van der Waals surface area contributed by atoms with Crippen LogP contribution in [0.1, 0.15) is 15.9 Å². The quantitative estimate of drug-likeness (QED) is 0.130.